The Labute approximate surface area is 161 Å². The number of nitrogens with one attached hydrogen (secondary N) is 1. The predicted molar refractivity (Wildman–Crippen MR) is 99.5 cm³/mol. The lowest BCUT2D eigenvalue weighted by molar-refractivity contribution is -0.384. The van der Waals surface area contributed by atoms with Crippen LogP contribution in [0.2, 0.25) is 0 Å². The second-order valence-electron chi connectivity index (χ2n) is 5.47. The normalized spacial score (nSPS) is 10.3. The molecular formula is C18H12FN3O5S. The van der Waals surface area contributed by atoms with Gasteiger partial charge in [-0.2, -0.15) is 0 Å². The van der Waals surface area contributed by atoms with Crippen molar-refractivity contribution in [2.75, 3.05) is 11.9 Å². The summed E-state index contributed by atoms with van der Waals surface area (Å²) in [6.07, 6.45) is 0. The Morgan fingerprint density at radius 1 is 1.14 bits per heavy atom. The third kappa shape index (κ3) is 4.74. The van der Waals surface area contributed by atoms with E-state index in [4.69, 9.17) is 4.74 Å². The van der Waals surface area contributed by atoms with E-state index in [1.54, 1.807) is 12.1 Å². The Balaban J connectivity index is 1.54. The van der Waals surface area contributed by atoms with Crippen LogP contribution in [-0.2, 0) is 9.53 Å². The first-order valence-electron chi connectivity index (χ1n) is 7.85. The van der Waals surface area contributed by atoms with Gasteiger partial charge in [0, 0.05) is 28.8 Å². The molecule has 3 aromatic rings. The number of nitrogens with zero attached hydrogens (tertiary/aromatic N) is 2. The first-order valence-corrected chi connectivity index (χ1v) is 8.73. The fourth-order valence-electron chi connectivity index (χ4n) is 2.16. The molecule has 142 valence electrons. The molecule has 0 radical (unpaired) electrons. The van der Waals surface area contributed by atoms with E-state index >= 15 is 0 Å². The largest absolute Gasteiger partial charge is 0.451 e. The molecule has 0 atom stereocenters. The molecule has 0 saturated carbocycles. The lowest BCUT2D eigenvalue weighted by atomic mass is 10.2. The fourth-order valence-corrected chi connectivity index (χ4v) is 2.96. The molecule has 1 aromatic heterocycles. The quantitative estimate of drug-likeness (QED) is 0.383. The maximum atomic E-state index is 13.0. The van der Waals surface area contributed by atoms with Crippen molar-refractivity contribution in [2.24, 2.45) is 0 Å². The van der Waals surface area contributed by atoms with Crippen molar-refractivity contribution in [1.82, 2.24) is 4.98 Å². The van der Waals surface area contributed by atoms with E-state index in [9.17, 15) is 24.1 Å². The molecule has 10 heteroatoms. The highest BCUT2D eigenvalue weighted by atomic mass is 32.1. The van der Waals surface area contributed by atoms with E-state index in [1.165, 1.54) is 53.1 Å². The van der Waals surface area contributed by atoms with Crippen LogP contribution in [0.5, 0.6) is 0 Å². The summed E-state index contributed by atoms with van der Waals surface area (Å²) in [5.74, 6) is -1.75. The van der Waals surface area contributed by atoms with Crippen LogP contribution in [0.25, 0.3) is 10.6 Å². The number of amides is 1. The fraction of sp³-hybridized carbons (Fsp3) is 0.0556. The molecule has 8 nitrogen and oxygen atoms in total. The molecule has 0 fully saturated rings. The maximum absolute atomic E-state index is 13.0. The second-order valence-corrected chi connectivity index (χ2v) is 6.33. The van der Waals surface area contributed by atoms with Gasteiger partial charge in [0.25, 0.3) is 11.6 Å². The van der Waals surface area contributed by atoms with E-state index in [0.29, 0.717) is 16.3 Å². The molecule has 0 saturated heterocycles. The van der Waals surface area contributed by atoms with Gasteiger partial charge in [-0.05, 0) is 36.4 Å². The lowest BCUT2D eigenvalue weighted by Crippen LogP contribution is -2.21. The first kappa shape index (κ1) is 19.1. The van der Waals surface area contributed by atoms with Crippen LogP contribution < -0.4 is 5.32 Å². The zero-order chi connectivity index (χ0) is 20.1. The molecule has 0 bridgehead atoms. The molecule has 0 aliphatic heterocycles. The summed E-state index contributed by atoms with van der Waals surface area (Å²) in [6.45, 7) is -0.542. The van der Waals surface area contributed by atoms with Gasteiger partial charge in [-0.1, -0.05) is 0 Å². The zero-order valence-corrected chi connectivity index (χ0v) is 14.9. The summed E-state index contributed by atoms with van der Waals surface area (Å²) in [7, 11) is 0. The third-order valence-corrected chi connectivity index (χ3v) is 4.39. The maximum Gasteiger partial charge on any atom is 0.358 e. The molecule has 0 unspecified atom stereocenters. The Hall–Kier alpha value is -3.66. The van der Waals surface area contributed by atoms with Crippen LogP contribution in [0, 0.1) is 15.9 Å². The molecule has 3 rings (SSSR count). The van der Waals surface area contributed by atoms with Crippen LogP contribution in [0.3, 0.4) is 0 Å². The van der Waals surface area contributed by atoms with Crippen molar-refractivity contribution in [3.8, 4) is 10.6 Å². The van der Waals surface area contributed by atoms with Gasteiger partial charge in [0.05, 0.1) is 4.92 Å². The molecule has 28 heavy (non-hydrogen) atoms. The summed E-state index contributed by atoms with van der Waals surface area (Å²) in [4.78, 5) is 38.0. The Kier molecular flexibility index (Phi) is 5.70. The number of thiazole rings is 1. The molecular weight excluding hydrogens is 389 g/mol. The number of hydrogen-bond donors (Lipinski definition) is 1. The summed E-state index contributed by atoms with van der Waals surface area (Å²) >= 11 is 1.19. The summed E-state index contributed by atoms with van der Waals surface area (Å²) < 4.78 is 17.9. The van der Waals surface area contributed by atoms with Crippen molar-refractivity contribution in [1.29, 1.82) is 0 Å². The highest BCUT2D eigenvalue weighted by molar-refractivity contribution is 7.13. The van der Waals surface area contributed by atoms with Gasteiger partial charge in [0.1, 0.15) is 10.8 Å². The van der Waals surface area contributed by atoms with Gasteiger partial charge in [0.15, 0.2) is 12.3 Å². The molecule has 2 aromatic carbocycles. The summed E-state index contributed by atoms with van der Waals surface area (Å²) in [5.41, 5.74) is 0.914. The van der Waals surface area contributed by atoms with Gasteiger partial charge in [0.2, 0.25) is 0 Å². The van der Waals surface area contributed by atoms with Gasteiger partial charge < -0.3 is 10.1 Å². The Bertz CT molecular complexity index is 1020. The first-order chi connectivity index (χ1) is 13.4. The number of nitro benzene ring substituents is 1. The molecule has 0 spiro atoms. The standard InChI is InChI=1S/C18H12FN3O5S/c19-12-3-1-11(2-4-12)17-21-15(10-28-17)18(24)27-9-16(23)20-13-5-7-14(8-6-13)22(25)26/h1-8,10H,9H2,(H,20,23). The third-order valence-electron chi connectivity index (χ3n) is 3.50. The minimum absolute atomic E-state index is 0.0347. The molecule has 1 amide bonds. The average Bonchev–Trinajstić information content (AvgIpc) is 3.17. The van der Waals surface area contributed by atoms with Crippen molar-refractivity contribution < 1.29 is 23.6 Å². The van der Waals surface area contributed by atoms with Crippen LogP contribution in [0.4, 0.5) is 15.8 Å². The number of aromatic nitrogens is 1. The number of hydrogen-bond acceptors (Lipinski definition) is 7. The number of carbonyl (C=O) groups excluding carboxylic acids is 2. The number of halogens is 1. The van der Waals surface area contributed by atoms with E-state index in [-0.39, 0.29) is 17.2 Å². The number of anilines is 1. The van der Waals surface area contributed by atoms with Crippen molar-refractivity contribution >= 4 is 34.6 Å². The molecule has 1 N–H and O–H groups in total. The number of esters is 1. The zero-order valence-electron chi connectivity index (χ0n) is 14.1. The van der Waals surface area contributed by atoms with Crippen LogP contribution in [-0.4, -0.2) is 28.4 Å². The van der Waals surface area contributed by atoms with Crippen molar-refractivity contribution in [2.45, 2.75) is 0 Å². The highest BCUT2D eigenvalue weighted by Crippen LogP contribution is 2.24. The minimum Gasteiger partial charge on any atom is -0.451 e. The molecule has 0 aliphatic rings. The van der Waals surface area contributed by atoms with E-state index in [2.05, 4.69) is 10.3 Å². The van der Waals surface area contributed by atoms with Crippen LogP contribution in [0.1, 0.15) is 10.5 Å². The van der Waals surface area contributed by atoms with E-state index in [0.717, 1.165) is 0 Å². The SMILES string of the molecule is O=C(COC(=O)c1csc(-c2ccc(F)cc2)n1)Nc1ccc([N+](=O)[O-])cc1. The van der Waals surface area contributed by atoms with E-state index in [1.807, 2.05) is 0 Å². The van der Waals surface area contributed by atoms with Crippen LogP contribution >= 0.6 is 11.3 Å². The summed E-state index contributed by atoms with van der Waals surface area (Å²) in [5, 5.41) is 15.0. The average molecular weight is 401 g/mol. The minimum atomic E-state index is -0.775. The molecule has 0 aliphatic carbocycles. The van der Waals surface area contributed by atoms with Crippen molar-refractivity contribution in [3.05, 3.63) is 75.5 Å². The summed E-state index contributed by atoms with van der Waals surface area (Å²) in [6, 6.07) is 10.9. The van der Waals surface area contributed by atoms with Gasteiger partial charge >= 0.3 is 5.97 Å². The van der Waals surface area contributed by atoms with E-state index < -0.39 is 23.4 Å². The number of ether oxygens (including phenoxy) is 1. The smallest absolute Gasteiger partial charge is 0.358 e. The Morgan fingerprint density at radius 2 is 1.82 bits per heavy atom. The van der Waals surface area contributed by atoms with Crippen LogP contribution in [0.15, 0.2) is 53.9 Å². The molecule has 1 heterocycles. The van der Waals surface area contributed by atoms with Gasteiger partial charge in [-0.3, -0.25) is 14.9 Å². The Morgan fingerprint density at radius 3 is 2.46 bits per heavy atom. The van der Waals surface area contributed by atoms with Gasteiger partial charge in [-0.15, -0.1) is 11.3 Å². The number of non-ortho nitro benzene ring substituents is 1. The topological polar surface area (TPSA) is 111 Å². The number of nitro groups is 1. The lowest BCUT2D eigenvalue weighted by Gasteiger charge is -2.05. The number of rotatable bonds is 6. The second kappa shape index (κ2) is 8.35. The highest BCUT2D eigenvalue weighted by Gasteiger charge is 2.15. The number of benzene rings is 2. The van der Waals surface area contributed by atoms with Crippen molar-refractivity contribution in [3.63, 3.8) is 0 Å². The predicted octanol–water partition coefficient (Wildman–Crippen LogP) is 3.65. The monoisotopic (exact) mass is 401 g/mol. The number of carbonyl (C=O) groups is 2. The van der Waals surface area contributed by atoms with Gasteiger partial charge in [-0.25, -0.2) is 14.2 Å².